The first-order valence-corrected chi connectivity index (χ1v) is 10.5. The Morgan fingerprint density at radius 1 is 0.826 bits per heavy atom. The van der Waals surface area contributed by atoms with Gasteiger partial charge in [0, 0.05) is 0 Å². The van der Waals surface area contributed by atoms with Crippen LogP contribution >= 0.6 is 7.92 Å². The number of rotatable bonds is 4. The molecule has 0 heterocycles. The highest BCUT2D eigenvalue weighted by atomic mass is 31.1. The second-order valence-electron chi connectivity index (χ2n) is 7.43. The minimum Gasteiger partial charge on any atom is -0.0625 e. The fraction of sp³-hybridized carbons (Fsp3) is 0.455. The van der Waals surface area contributed by atoms with Gasteiger partial charge in [-0.2, -0.15) is 0 Å². The van der Waals surface area contributed by atoms with Gasteiger partial charge in [-0.1, -0.05) is 87.9 Å². The van der Waals surface area contributed by atoms with Gasteiger partial charge in [0.05, 0.1) is 0 Å². The van der Waals surface area contributed by atoms with E-state index in [9.17, 15) is 0 Å². The number of hydrogen-bond donors (Lipinski definition) is 0. The van der Waals surface area contributed by atoms with Crippen LogP contribution in [0.1, 0.15) is 40.0 Å². The topological polar surface area (TPSA) is 0 Å². The second-order valence-corrected chi connectivity index (χ2v) is 9.87. The summed E-state index contributed by atoms with van der Waals surface area (Å²) >= 11 is 0. The van der Waals surface area contributed by atoms with Crippen molar-refractivity contribution in [3.8, 4) is 0 Å². The third-order valence-corrected chi connectivity index (χ3v) is 8.35. The largest absolute Gasteiger partial charge is 0.0625 e. The van der Waals surface area contributed by atoms with Crippen molar-refractivity contribution in [2.45, 2.75) is 45.7 Å². The summed E-state index contributed by atoms with van der Waals surface area (Å²) in [6.07, 6.45) is 4.20. The molecule has 1 aliphatic rings. The smallest absolute Gasteiger partial charge is 0.00955 e. The van der Waals surface area contributed by atoms with Crippen molar-refractivity contribution in [2.24, 2.45) is 17.8 Å². The zero-order valence-corrected chi connectivity index (χ0v) is 15.5. The van der Waals surface area contributed by atoms with Crippen molar-refractivity contribution in [2.75, 3.05) is 0 Å². The molecule has 0 amide bonds. The highest BCUT2D eigenvalue weighted by molar-refractivity contribution is 7.73. The maximum absolute atomic E-state index is 2.45. The summed E-state index contributed by atoms with van der Waals surface area (Å²) in [7, 11) is -0.267. The Morgan fingerprint density at radius 3 is 1.83 bits per heavy atom. The average Bonchev–Trinajstić information content (AvgIpc) is 2.57. The summed E-state index contributed by atoms with van der Waals surface area (Å²) in [6, 6.07) is 22.6. The Balaban J connectivity index is 2.03. The Labute approximate surface area is 143 Å². The minimum absolute atomic E-state index is 0.267. The van der Waals surface area contributed by atoms with E-state index in [2.05, 4.69) is 81.4 Å². The molecule has 1 saturated carbocycles. The molecule has 1 heteroatoms. The lowest BCUT2D eigenvalue weighted by Gasteiger charge is -2.42. The van der Waals surface area contributed by atoms with Crippen LogP contribution in [-0.2, 0) is 0 Å². The molecule has 1 fully saturated rings. The third-order valence-electron chi connectivity index (χ3n) is 5.39. The first-order chi connectivity index (χ1) is 11.2. The molecule has 122 valence electrons. The summed E-state index contributed by atoms with van der Waals surface area (Å²) in [4.78, 5) is 0. The first kappa shape index (κ1) is 16.7. The predicted octanol–water partition coefficient (Wildman–Crippen LogP) is 5.58. The van der Waals surface area contributed by atoms with Crippen LogP contribution in [0.2, 0.25) is 0 Å². The van der Waals surface area contributed by atoms with E-state index in [1.165, 1.54) is 19.3 Å². The lowest BCUT2D eigenvalue weighted by atomic mass is 9.77. The van der Waals surface area contributed by atoms with E-state index in [0.717, 1.165) is 23.4 Å². The summed E-state index contributed by atoms with van der Waals surface area (Å²) in [5.41, 5.74) is 0.818. The van der Waals surface area contributed by atoms with E-state index in [4.69, 9.17) is 0 Å². The lowest BCUT2D eigenvalue weighted by molar-refractivity contribution is 0.242. The molecular formula is C22H29P. The van der Waals surface area contributed by atoms with Gasteiger partial charge in [0.25, 0.3) is 0 Å². The van der Waals surface area contributed by atoms with Crippen molar-refractivity contribution >= 4 is 18.5 Å². The standard InChI is InChI=1S/C22H29P/c1-17(2)21-15-14-18(3)16-22(21)23(19-10-6-4-7-11-19)20-12-8-5-9-13-20/h4-13,17-18,21-22H,14-16H2,1-3H3/t18-,21+,22+/m0/s1. The van der Waals surface area contributed by atoms with E-state index in [1.54, 1.807) is 10.6 Å². The van der Waals surface area contributed by atoms with Crippen molar-refractivity contribution in [1.82, 2.24) is 0 Å². The van der Waals surface area contributed by atoms with Crippen molar-refractivity contribution in [3.63, 3.8) is 0 Å². The zero-order valence-electron chi connectivity index (χ0n) is 14.7. The quantitative estimate of drug-likeness (QED) is 0.644. The van der Waals surface area contributed by atoms with Gasteiger partial charge in [0.1, 0.15) is 0 Å². The van der Waals surface area contributed by atoms with Gasteiger partial charge >= 0.3 is 0 Å². The molecule has 3 rings (SSSR count). The van der Waals surface area contributed by atoms with Gasteiger partial charge in [0.15, 0.2) is 0 Å². The van der Waals surface area contributed by atoms with Crippen LogP contribution in [0.4, 0.5) is 0 Å². The van der Waals surface area contributed by atoms with Gasteiger partial charge in [-0.15, -0.1) is 0 Å². The predicted molar refractivity (Wildman–Crippen MR) is 104 cm³/mol. The van der Waals surface area contributed by atoms with Gasteiger partial charge < -0.3 is 0 Å². The molecule has 2 aromatic carbocycles. The molecule has 2 aromatic rings. The molecule has 0 radical (unpaired) electrons. The maximum Gasteiger partial charge on any atom is -0.00955 e. The van der Waals surface area contributed by atoms with Crippen molar-refractivity contribution in [1.29, 1.82) is 0 Å². The van der Waals surface area contributed by atoms with Crippen LogP contribution in [0, 0.1) is 17.8 Å². The van der Waals surface area contributed by atoms with E-state index in [1.807, 2.05) is 0 Å². The molecule has 0 saturated heterocycles. The summed E-state index contributed by atoms with van der Waals surface area (Å²) in [5, 5.41) is 3.11. The van der Waals surface area contributed by atoms with Crippen LogP contribution in [0.3, 0.4) is 0 Å². The zero-order chi connectivity index (χ0) is 16.2. The average molecular weight is 324 g/mol. The molecule has 0 spiro atoms. The highest BCUT2D eigenvalue weighted by Gasteiger charge is 2.37. The third kappa shape index (κ3) is 3.86. The molecule has 0 bridgehead atoms. The summed E-state index contributed by atoms with van der Waals surface area (Å²) in [6.45, 7) is 7.31. The summed E-state index contributed by atoms with van der Waals surface area (Å²) < 4.78 is 0. The molecule has 0 unspecified atom stereocenters. The van der Waals surface area contributed by atoms with Crippen LogP contribution < -0.4 is 10.6 Å². The molecule has 23 heavy (non-hydrogen) atoms. The minimum atomic E-state index is -0.267. The van der Waals surface area contributed by atoms with Crippen LogP contribution in [-0.4, -0.2) is 5.66 Å². The van der Waals surface area contributed by atoms with Gasteiger partial charge in [0.2, 0.25) is 0 Å². The molecule has 0 N–H and O–H groups in total. The fourth-order valence-electron chi connectivity index (χ4n) is 4.16. The van der Waals surface area contributed by atoms with Crippen LogP contribution in [0.25, 0.3) is 0 Å². The van der Waals surface area contributed by atoms with E-state index in [-0.39, 0.29) is 7.92 Å². The normalized spacial score (nSPS) is 25.0. The first-order valence-electron chi connectivity index (χ1n) is 9.06. The molecule has 1 aliphatic carbocycles. The molecule has 3 atom stereocenters. The Kier molecular flexibility index (Phi) is 5.54. The Bertz CT molecular complexity index is 550. The maximum atomic E-state index is 2.45. The van der Waals surface area contributed by atoms with Crippen molar-refractivity contribution in [3.05, 3.63) is 60.7 Å². The van der Waals surface area contributed by atoms with Crippen molar-refractivity contribution < 1.29 is 0 Å². The van der Waals surface area contributed by atoms with Gasteiger partial charge in [-0.05, 0) is 54.8 Å². The molecule has 0 aliphatic heterocycles. The Morgan fingerprint density at radius 2 is 1.35 bits per heavy atom. The molecule has 0 nitrogen and oxygen atoms in total. The number of benzene rings is 2. The lowest BCUT2D eigenvalue weighted by Crippen LogP contribution is -2.35. The second kappa shape index (κ2) is 7.63. The SMILES string of the molecule is CC(C)[C@H]1CC[C@H](C)C[C@H]1P(c1ccccc1)c1ccccc1. The molecular weight excluding hydrogens is 295 g/mol. The summed E-state index contributed by atoms with van der Waals surface area (Å²) in [5.74, 6) is 2.51. The van der Waals surface area contributed by atoms with Crippen LogP contribution in [0.15, 0.2) is 60.7 Å². The Hall–Kier alpha value is -1.13. The monoisotopic (exact) mass is 324 g/mol. The molecule has 0 aromatic heterocycles. The van der Waals surface area contributed by atoms with Gasteiger partial charge in [-0.25, -0.2) is 0 Å². The van der Waals surface area contributed by atoms with Gasteiger partial charge in [-0.3, -0.25) is 0 Å². The fourth-order valence-corrected chi connectivity index (χ4v) is 7.66. The van der Waals surface area contributed by atoms with E-state index in [0.29, 0.717) is 0 Å². The highest BCUT2D eigenvalue weighted by Crippen LogP contribution is 2.51. The van der Waals surface area contributed by atoms with E-state index < -0.39 is 0 Å². The van der Waals surface area contributed by atoms with Crippen LogP contribution in [0.5, 0.6) is 0 Å². The van der Waals surface area contributed by atoms with E-state index >= 15 is 0 Å². The number of hydrogen-bond acceptors (Lipinski definition) is 0.